The molecule has 2 aliphatic rings. The molecule has 0 radical (unpaired) electrons. The van der Waals surface area contributed by atoms with Gasteiger partial charge in [-0.2, -0.15) is 5.10 Å². The van der Waals surface area contributed by atoms with Crippen LogP contribution in [-0.2, 0) is 13.5 Å². The topological polar surface area (TPSA) is 51.0 Å². The lowest BCUT2D eigenvalue weighted by molar-refractivity contribution is 0.112. The van der Waals surface area contributed by atoms with Crippen molar-refractivity contribution in [1.29, 1.82) is 0 Å². The van der Waals surface area contributed by atoms with Crippen molar-refractivity contribution in [3.63, 3.8) is 0 Å². The Labute approximate surface area is 117 Å². The van der Waals surface area contributed by atoms with Crippen molar-refractivity contribution in [2.45, 2.75) is 25.2 Å². The second-order valence-electron chi connectivity index (χ2n) is 5.53. The Balaban J connectivity index is 1.85. The van der Waals surface area contributed by atoms with E-state index in [4.69, 9.17) is 0 Å². The number of hydrogen-bond acceptors (Lipinski definition) is 4. The van der Waals surface area contributed by atoms with E-state index in [0.29, 0.717) is 5.92 Å². The zero-order valence-corrected chi connectivity index (χ0v) is 11.4. The minimum absolute atomic E-state index is 0.473. The van der Waals surface area contributed by atoms with E-state index in [2.05, 4.69) is 21.0 Å². The SMILES string of the molecule is Cn1nc(C2CC2)c(C=O)c1N1CCc2cccnc21. The highest BCUT2D eigenvalue weighted by Crippen LogP contribution is 2.44. The molecule has 4 rings (SSSR count). The third kappa shape index (κ3) is 1.59. The number of carbonyl (C=O) groups excluding carboxylic acids is 1. The first-order valence-electron chi connectivity index (χ1n) is 7.03. The van der Waals surface area contributed by atoms with Crippen LogP contribution in [0.5, 0.6) is 0 Å². The van der Waals surface area contributed by atoms with Crippen molar-refractivity contribution in [3.05, 3.63) is 35.2 Å². The second-order valence-corrected chi connectivity index (χ2v) is 5.53. The van der Waals surface area contributed by atoms with Crippen LogP contribution < -0.4 is 4.90 Å². The van der Waals surface area contributed by atoms with Crippen LogP contribution in [0, 0.1) is 0 Å². The average Bonchev–Trinajstić information content (AvgIpc) is 3.14. The van der Waals surface area contributed by atoms with Crippen molar-refractivity contribution in [2.75, 3.05) is 11.4 Å². The molecule has 1 aliphatic heterocycles. The van der Waals surface area contributed by atoms with Gasteiger partial charge >= 0.3 is 0 Å². The van der Waals surface area contributed by atoms with E-state index in [9.17, 15) is 4.79 Å². The minimum Gasteiger partial charge on any atom is -0.310 e. The Bertz CT molecular complexity index is 687. The van der Waals surface area contributed by atoms with Crippen LogP contribution in [0.3, 0.4) is 0 Å². The first kappa shape index (κ1) is 11.6. The van der Waals surface area contributed by atoms with Gasteiger partial charge in [0.15, 0.2) is 6.29 Å². The summed E-state index contributed by atoms with van der Waals surface area (Å²) in [5.41, 5.74) is 2.94. The van der Waals surface area contributed by atoms with Crippen molar-refractivity contribution in [3.8, 4) is 0 Å². The zero-order valence-electron chi connectivity index (χ0n) is 11.4. The molecule has 0 aromatic carbocycles. The van der Waals surface area contributed by atoms with Crippen LogP contribution >= 0.6 is 0 Å². The lowest BCUT2D eigenvalue weighted by atomic mass is 10.2. The number of anilines is 2. The summed E-state index contributed by atoms with van der Waals surface area (Å²) in [4.78, 5) is 18.2. The molecule has 0 spiro atoms. The third-order valence-corrected chi connectivity index (χ3v) is 4.15. The second kappa shape index (κ2) is 4.16. The van der Waals surface area contributed by atoms with Gasteiger partial charge in [0.25, 0.3) is 0 Å². The highest BCUT2D eigenvalue weighted by Gasteiger charge is 2.34. The van der Waals surface area contributed by atoms with E-state index in [1.165, 1.54) is 5.56 Å². The van der Waals surface area contributed by atoms with Crippen LogP contribution in [0.4, 0.5) is 11.6 Å². The van der Waals surface area contributed by atoms with Gasteiger partial charge in [-0.05, 0) is 30.9 Å². The van der Waals surface area contributed by atoms with Crippen molar-refractivity contribution >= 4 is 17.9 Å². The Morgan fingerprint density at radius 3 is 3.00 bits per heavy atom. The van der Waals surface area contributed by atoms with Crippen LogP contribution in [-0.4, -0.2) is 27.6 Å². The number of aldehydes is 1. The van der Waals surface area contributed by atoms with Gasteiger partial charge in [-0.25, -0.2) is 4.98 Å². The normalized spacial score (nSPS) is 17.4. The minimum atomic E-state index is 0.473. The van der Waals surface area contributed by atoms with E-state index >= 15 is 0 Å². The summed E-state index contributed by atoms with van der Waals surface area (Å²) >= 11 is 0. The summed E-state index contributed by atoms with van der Waals surface area (Å²) in [5.74, 6) is 2.32. The lowest BCUT2D eigenvalue weighted by Crippen LogP contribution is -2.19. The van der Waals surface area contributed by atoms with E-state index in [-0.39, 0.29) is 0 Å². The monoisotopic (exact) mass is 268 g/mol. The maximum absolute atomic E-state index is 11.6. The van der Waals surface area contributed by atoms with E-state index in [1.807, 2.05) is 17.8 Å². The van der Waals surface area contributed by atoms with Gasteiger partial charge in [-0.3, -0.25) is 9.48 Å². The quantitative estimate of drug-likeness (QED) is 0.801. The number of pyridine rings is 1. The molecule has 102 valence electrons. The van der Waals surface area contributed by atoms with E-state index < -0.39 is 0 Å². The van der Waals surface area contributed by atoms with Gasteiger partial charge in [0, 0.05) is 25.7 Å². The Hall–Kier alpha value is -2.17. The average molecular weight is 268 g/mol. The number of nitrogens with zero attached hydrogens (tertiary/aromatic N) is 4. The van der Waals surface area contributed by atoms with Crippen LogP contribution in [0.2, 0.25) is 0 Å². The Morgan fingerprint density at radius 1 is 1.40 bits per heavy atom. The molecule has 0 bridgehead atoms. The summed E-state index contributed by atoms with van der Waals surface area (Å²) in [5, 5.41) is 4.58. The first-order valence-corrected chi connectivity index (χ1v) is 7.03. The maximum Gasteiger partial charge on any atom is 0.155 e. The Kier molecular flexibility index (Phi) is 2.42. The molecule has 2 aromatic rings. The molecule has 0 atom stereocenters. The van der Waals surface area contributed by atoms with Crippen LogP contribution in [0.25, 0.3) is 0 Å². The number of hydrogen-bond donors (Lipinski definition) is 0. The summed E-state index contributed by atoms with van der Waals surface area (Å²) in [7, 11) is 1.91. The molecule has 0 amide bonds. The van der Waals surface area contributed by atoms with Gasteiger partial charge in [0.1, 0.15) is 11.6 Å². The predicted octanol–water partition coefficient (Wildman–Crippen LogP) is 2.20. The van der Waals surface area contributed by atoms with Gasteiger partial charge in [0.2, 0.25) is 0 Å². The van der Waals surface area contributed by atoms with Crippen LogP contribution in [0.1, 0.15) is 40.4 Å². The molecule has 1 saturated carbocycles. The van der Waals surface area contributed by atoms with Crippen molar-refractivity contribution in [1.82, 2.24) is 14.8 Å². The standard InChI is InChI=1S/C15H16N4O/c1-18-15(12(9-20)13(17-18)10-4-5-10)19-8-6-11-3-2-7-16-14(11)19/h2-3,7,9-10H,4-6,8H2,1H3. The fourth-order valence-corrected chi connectivity index (χ4v) is 3.06. The summed E-state index contributed by atoms with van der Waals surface area (Å²) in [6.07, 6.45) is 6.01. The molecule has 5 heteroatoms. The fraction of sp³-hybridized carbons (Fsp3) is 0.400. The molecule has 20 heavy (non-hydrogen) atoms. The number of aromatic nitrogens is 3. The molecule has 3 heterocycles. The van der Waals surface area contributed by atoms with Gasteiger partial charge in [-0.15, -0.1) is 0 Å². The number of fused-ring (bicyclic) bond motifs is 1. The highest BCUT2D eigenvalue weighted by molar-refractivity contribution is 5.87. The molecular weight excluding hydrogens is 252 g/mol. The highest BCUT2D eigenvalue weighted by atomic mass is 16.1. The van der Waals surface area contributed by atoms with Crippen molar-refractivity contribution < 1.29 is 4.79 Å². The molecule has 0 unspecified atom stereocenters. The lowest BCUT2D eigenvalue weighted by Gasteiger charge is -2.18. The smallest absolute Gasteiger partial charge is 0.155 e. The summed E-state index contributed by atoms with van der Waals surface area (Å²) in [6, 6.07) is 4.06. The van der Waals surface area contributed by atoms with Gasteiger partial charge < -0.3 is 4.90 Å². The Morgan fingerprint density at radius 2 is 2.25 bits per heavy atom. The number of aryl methyl sites for hydroxylation is 1. The van der Waals surface area contributed by atoms with E-state index in [0.717, 1.165) is 55.0 Å². The number of rotatable bonds is 3. The third-order valence-electron chi connectivity index (χ3n) is 4.15. The molecule has 0 N–H and O–H groups in total. The molecule has 2 aromatic heterocycles. The maximum atomic E-state index is 11.6. The molecule has 0 saturated heterocycles. The van der Waals surface area contributed by atoms with Crippen molar-refractivity contribution in [2.24, 2.45) is 7.05 Å². The fourth-order valence-electron chi connectivity index (χ4n) is 3.06. The molecule has 5 nitrogen and oxygen atoms in total. The largest absolute Gasteiger partial charge is 0.310 e. The molecule has 1 aliphatic carbocycles. The molecular formula is C15H16N4O. The van der Waals surface area contributed by atoms with Gasteiger partial charge in [-0.1, -0.05) is 6.07 Å². The summed E-state index contributed by atoms with van der Waals surface area (Å²) in [6.45, 7) is 0.858. The van der Waals surface area contributed by atoms with E-state index in [1.54, 1.807) is 6.20 Å². The first-order chi connectivity index (χ1) is 9.79. The number of carbonyl (C=O) groups is 1. The van der Waals surface area contributed by atoms with Gasteiger partial charge in [0.05, 0.1) is 11.3 Å². The summed E-state index contributed by atoms with van der Waals surface area (Å²) < 4.78 is 1.83. The zero-order chi connectivity index (χ0) is 13.7. The van der Waals surface area contributed by atoms with Crippen LogP contribution in [0.15, 0.2) is 18.3 Å². The predicted molar refractivity (Wildman–Crippen MR) is 75.5 cm³/mol. The molecule has 1 fully saturated rings.